The molecule has 1 aromatic heterocycles. The molecule has 466 valence electrons. The minimum atomic E-state index is -1.38. The fraction of sp³-hybridized carbons (Fsp3) is 0.397. The predicted octanol–water partition coefficient (Wildman–Crippen LogP) is 4.99. The Hall–Kier alpha value is -5.27. The van der Waals surface area contributed by atoms with Crippen LogP contribution >= 0.6 is 48.2 Å². The molecular formula is C63H77Cl3FN6NaO12S. The number of fused-ring (bicyclic) bond motifs is 1. The molecule has 1 unspecified atom stereocenters. The van der Waals surface area contributed by atoms with Crippen molar-refractivity contribution >= 4 is 84.0 Å². The molecule has 2 saturated heterocycles. The number of aliphatic carboxylic acids is 3. The number of carboxylic acids is 3. The van der Waals surface area contributed by atoms with Gasteiger partial charge in [-0.3, -0.25) is 29.3 Å². The Balaban J connectivity index is 0.000000339. The quantitative estimate of drug-likeness (QED) is 0.0286. The van der Waals surface area contributed by atoms with Crippen molar-refractivity contribution in [2.75, 3.05) is 58.8 Å². The van der Waals surface area contributed by atoms with Gasteiger partial charge in [-0.2, -0.15) is 0 Å². The van der Waals surface area contributed by atoms with E-state index < -0.39 is 65.8 Å². The second-order valence-corrected chi connectivity index (χ2v) is 22.7. The standard InChI is InChI=1S/C26H34FNO5.C21H25ClN2O3.C16H17N3O4S.2ClH.Na/c1-15(2)25-21(11-10-19(29)12-20(30)13-23(31)32)24(17-6-8-18(27)9-7-17)22(14-33-5)26(28-25)16(3)4;22-19-8-6-18(7-9-19)21(17-4-2-1-3-5-17)24-12-10-23(11-13-24)14-15-27-16-20(25)26;1-8-7-24-15-11(14(21)19(15)12(8)16(22)23)18-13(20)10(17)9-5-3-2-4-6-9;;;/h6-11,15-16,19-20,29-30H,12-14H2,1-5H3,(H,31,32);1-9,21H,10-16H2,(H,25,26);2-6,10-11,15H,7,17H2,1H3,(H,18,20)(H,22,23);2*1H;/q;;;;;+1/p-1/b11-10+;;;;;/t19-,20-;;10-,11-,15-;;;/m1.1.../s1. The molecule has 0 radical (unpaired) electrons. The van der Waals surface area contributed by atoms with E-state index in [1.54, 1.807) is 56.5 Å². The SMILES string of the molecule is CC1=C(C(=O)O)N2C(=O)[C@@H](NC(=O)[C@H](N)c3ccccc3)[C@H]2SC1.COCc1c(C(C)C)nc(C(C)C)c(/C=C/[C@@H](O)C[C@@H](O)CC(=O)[O-])c1-c1ccc(F)cc1.Cl.Cl.O=C(O)COCCN1CCN(C(c2ccccc2)c2ccc(Cl)cc2)CC1.[Na+]. The van der Waals surface area contributed by atoms with E-state index in [4.69, 9.17) is 36.9 Å². The molecule has 4 aromatic carbocycles. The topological polar surface area (TPSA) is 268 Å². The number of benzene rings is 4. The van der Waals surface area contributed by atoms with Gasteiger partial charge in [-0.15, -0.1) is 36.6 Å². The molecule has 2 fully saturated rings. The number of aliphatic hydroxyl groups is 2. The van der Waals surface area contributed by atoms with Crippen molar-refractivity contribution < 1.29 is 92.9 Å². The van der Waals surface area contributed by atoms with Gasteiger partial charge in [-0.1, -0.05) is 136 Å². The number of nitrogens with one attached hydrogen (secondary N) is 1. The van der Waals surface area contributed by atoms with Crippen molar-refractivity contribution in [3.05, 3.63) is 177 Å². The molecule has 2 amide bonds. The summed E-state index contributed by atoms with van der Waals surface area (Å²) in [5.74, 6) is -3.96. The summed E-state index contributed by atoms with van der Waals surface area (Å²) in [6, 6.07) is 32.3. The number of hydrogen-bond donors (Lipinski definition) is 6. The number of halogens is 4. The number of piperazine rings is 1. The van der Waals surface area contributed by atoms with Gasteiger partial charge in [0.25, 0.3) is 5.91 Å². The van der Waals surface area contributed by atoms with Crippen molar-refractivity contribution in [3.63, 3.8) is 0 Å². The van der Waals surface area contributed by atoms with Crippen molar-refractivity contribution in [2.45, 2.75) is 102 Å². The molecule has 7 N–H and O–H groups in total. The number of nitrogens with zero attached hydrogens (tertiary/aromatic N) is 4. The maximum absolute atomic E-state index is 13.7. The first-order valence-electron chi connectivity index (χ1n) is 27.7. The smallest absolute Gasteiger partial charge is 0.550 e. The zero-order valence-corrected chi connectivity index (χ0v) is 55.1. The summed E-state index contributed by atoms with van der Waals surface area (Å²) in [7, 11) is 1.60. The van der Waals surface area contributed by atoms with E-state index in [2.05, 4.69) is 65.4 Å². The van der Waals surface area contributed by atoms with Crippen molar-refractivity contribution in [3.8, 4) is 11.1 Å². The minimum absolute atomic E-state index is 0. The van der Waals surface area contributed by atoms with Crippen LogP contribution in [0.5, 0.6) is 0 Å². The molecule has 18 nitrogen and oxygen atoms in total. The summed E-state index contributed by atoms with van der Waals surface area (Å²) in [6.07, 6.45) is 0.264. The molecule has 0 aliphatic carbocycles. The molecule has 8 rings (SSSR count). The van der Waals surface area contributed by atoms with Crippen LogP contribution in [0, 0.1) is 5.82 Å². The Morgan fingerprint density at radius 2 is 1.44 bits per heavy atom. The van der Waals surface area contributed by atoms with Crippen molar-refractivity contribution in [1.82, 2.24) is 25.0 Å². The van der Waals surface area contributed by atoms with Gasteiger partial charge in [-0.25, -0.2) is 14.0 Å². The van der Waals surface area contributed by atoms with Gasteiger partial charge in [0.2, 0.25) is 5.91 Å². The molecule has 4 heterocycles. The molecule has 0 saturated carbocycles. The molecule has 3 aliphatic heterocycles. The summed E-state index contributed by atoms with van der Waals surface area (Å²) >= 11 is 7.51. The van der Waals surface area contributed by atoms with Crippen molar-refractivity contribution in [2.24, 2.45) is 5.73 Å². The number of aliphatic hydroxyl groups excluding tert-OH is 2. The molecule has 24 heteroatoms. The monoisotopic (exact) mass is 1290 g/mol. The largest absolute Gasteiger partial charge is 1.00 e. The van der Waals surface area contributed by atoms with Gasteiger partial charge < -0.3 is 50.9 Å². The van der Waals surface area contributed by atoms with E-state index in [-0.39, 0.29) is 96.8 Å². The number of pyridine rings is 1. The maximum atomic E-state index is 13.7. The van der Waals surface area contributed by atoms with E-state index in [0.29, 0.717) is 30.1 Å². The summed E-state index contributed by atoms with van der Waals surface area (Å²) in [5.41, 5.74) is 14.7. The zero-order valence-electron chi connectivity index (χ0n) is 49.8. The molecular weight excluding hydrogens is 1210 g/mol. The third-order valence-corrected chi connectivity index (χ3v) is 15.9. The van der Waals surface area contributed by atoms with Crippen LogP contribution in [-0.2, 0) is 40.1 Å². The van der Waals surface area contributed by atoms with Crippen LogP contribution in [0.4, 0.5) is 4.39 Å². The third-order valence-electron chi connectivity index (χ3n) is 14.3. The van der Waals surface area contributed by atoms with Gasteiger partial charge >= 0.3 is 41.5 Å². The summed E-state index contributed by atoms with van der Waals surface area (Å²) in [4.78, 5) is 68.2. The van der Waals surface area contributed by atoms with Crippen LogP contribution in [0.25, 0.3) is 17.2 Å². The van der Waals surface area contributed by atoms with E-state index in [1.165, 1.54) is 46.0 Å². The normalized spacial score (nSPS) is 17.1. The number of nitrogens with two attached hydrogens (primary N) is 1. The number of rotatable bonds is 23. The number of ether oxygens (including phenoxy) is 2. The Bertz CT molecular complexity index is 3090. The molecule has 5 aromatic rings. The van der Waals surface area contributed by atoms with Crippen molar-refractivity contribution in [1.29, 1.82) is 0 Å². The Morgan fingerprint density at radius 1 is 0.862 bits per heavy atom. The first-order chi connectivity index (χ1) is 40.1. The van der Waals surface area contributed by atoms with Gasteiger partial charge in [0.15, 0.2) is 0 Å². The third kappa shape index (κ3) is 21.5. The van der Waals surface area contributed by atoms with Gasteiger partial charge in [-0.05, 0) is 76.4 Å². The number of thioether (sulfide) groups is 1. The predicted molar refractivity (Wildman–Crippen MR) is 333 cm³/mol. The van der Waals surface area contributed by atoms with Gasteiger partial charge in [0.1, 0.15) is 35.6 Å². The fourth-order valence-corrected chi connectivity index (χ4v) is 11.6. The molecule has 87 heavy (non-hydrogen) atoms. The van der Waals surface area contributed by atoms with Crippen LogP contribution in [0.3, 0.4) is 0 Å². The molecule has 3 aliphatic rings. The number of amides is 2. The molecule has 6 atom stereocenters. The maximum Gasteiger partial charge on any atom is 1.00 e. The minimum Gasteiger partial charge on any atom is -0.550 e. The second-order valence-electron chi connectivity index (χ2n) is 21.2. The van der Waals surface area contributed by atoms with Crippen LogP contribution < -0.4 is 45.7 Å². The summed E-state index contributed by atoms with van der Waals surface area (Å²) < 4.78 is 24.3. The van der Waals surface area contributed by atoms with Crippen LogP contribution in [0.15, 0.2) is 127 Å². The average Bonchev–Trinajstić information content (AvgIpc) is 0.826. The van der Waals surface area contributed by atoms with E-state index in [1.807, 2.05) is 38.1 Å². The van der Waals surface area contributed by atoms with E-state index in [0.717, 1.165) is 71.4 Å². The Labute approximate surface area is 551 Å². The van der Waals surface area contributed by atoms with Crippen LogP contribution in [0.1, 0.15) is 111 Å². The second kappa shape index (κ2) is 37.0. The Morgan fingerprint density at radius 3 is 1.98 bits per heavy atom. The fourth-order valence-electron chi connectivity index (χ4n) is 10.2. The number of β-lactam (4-membered cyclic amide) rings is 1. The number of carbonyl (C=O) groups is 5. The van der Waals surface area contributed by atoms with Crippen LogP contribution in [0.2, 0.25) is 5.02 Å². The molecule has 0 bridgehead atoms. The van der Waals surface area contributed by atoms with E-state index >= 15 is 0 Å². The number of methoxy groups -OCH3 is 1. The average molecular weight is 1290 g/mol. The summed E-state index contributed by atoms with van der Waals surface area (Å²) in [5, 5.41) is 51.8. The number of carboxylic acid groups (broad SMARTS) is 3. The number of aromatic nitrogens is 1. The van der Waals surface area contributed by atoms with Crippen LogP contribution in [-0.4, -0.2) is 152 Å². The first kappa shape index (κ1) is 76.0. The summed E-state index contributed by atoms with van der Waals surface area (Å²) in [6.45, 7) is 14.9. The zero-order chi connectivity index (χ0) is 61.2. The number of hydrogen-bond acceptors (Lipinski definition) is 15. The molecule has 0 spiro atoms. The number of carbonyl (C=O) groups excluding carboxylic acids is 3. The Kier molecular flexibility index (Phi) is 32.3. The van der Waals surface area contributed by atoms with Gasteiger partial charge in [0, 0.05) is 86.2 Å². The first-order valence-corrected chi connectivity index (χ1v) is 29.1. The van der Waals surface area contributed by atoms with E-state index in [9.17, 15) is 48.8 Å². The van der Waals surface area contributed by atoms with Gasteiger partial charge in [0.05, 0.1) is 37.2 Å².